The van der Waals surface area contributed by atoms with Crippen molar-refractivity contribution in [3.8, 4) is 28.7 Å². The van der Waals surface area contributed by atoms with E-state index >= 15 is 0 Å². The van der Waals surface area contributed by atoms with Gasteiger partial charge in [0.1, 0.15) is 6.79 Å². The zero-order valence-electron chi connectivity index (χ0n) is 32.2. The first kappa shape index (κ1) is 44.6. The van der Waals surface area contributed by atoms with Gasteiger partial charge in [-0.2, -0.15) is 0 Å². The number of aryl methyl sites for hydroxylation is 1. The normalized spacial score (nSPS) is 27.0. The summed E-state index contributed by atoms with van der Waals surface area (Å²) in [4.78, 5) is 0. The highest BCUT2D eigenvalue weighted by atomic mass is 33.1. The maximum atomic E-state index is 11.7. The number of phenols is 2. The Hall–Kier alpha value is -2.14. The summed E-state index contributed by atoms with van der Waals surface area (Å²) < 4.78 is 22.9. The molecule has 0 amide bonds. The Labute approximate surface area is 328 Å². The number of rotatable bonds is 16. The van der Waals surface area contributed by atoms with E-state index < -0.39 is 37.8 Å². The molecule has 2 aromatic carbocycles. The van der Waals surface area contributed by atoms with Gasteiger partial charge in [-0.05, 0) is 130 Å². The molecule has 4 rings (SSSR count). The number of hydrogen-bond acceptors (Lipinski definition) is 14. The van der Waals surface area contributed by atoms with Crippen LogP contribution >= 0.6 is 21.6 Å². The quantitative estimate of drug-likeness (QED) is 0.0806. The van der Waals surface area contributed by atoms with E-state index in [-0.39, 0.29) is 59.6 Å². The number of aromatic hydroxyl groups is 2. The standard InChI is InChI=1S/C40H63NO11S2/c1-24(2)5-6-26-16-30(10-8-28(26)20-41-3)52-36-17-27-7-9-29(50-22-43)18-33(45)32(13-25-14-37(49-4)40(48)38(15-25)51-23-44)35(47)21-53-54-39(11-12-42)31(27)19-34(36)46/h14-15,17,19,24,26,28-30,32-33,35,39,41-48H,5-13,16,18,20-23H2,1-4H3. The van der Waals surface area contributed by atoms with Crippen LogP contribution in [-0.2, 0) is 17.6 Å². The maximum Gasteiger partial charge on any atom is 0.200 e. The number of aliphatic hydroxyl groups is 5. The summed E-state index contributed by atoms with van der Waals surface area (Å²) in [5.74, 6) is 1.66. The van der Waals surface area contributed by atoms with Gasteiger partial charge in [-0.1, -0.05) is 41.9 Å². The molecule has 1 fully saturated rings. The lowest BCUT2D eigenvalue weighted by molar-refractivity contribution is -0.0808. The number of aliphatic hydroxyl groups excluding tert-OH is 5. The smallest absolute Gasteiger partial charge is 0.200 e. The van der Waals surface area contributed by atoms with Crippen molar-refractivity contribution in [2.24, 2.45) is 23.7 Å². The van der Waals surface area contributed by atoms with Gasteiger partial charge in [0.25, 0.3) is 0 Å². The van der Waals surface area contributed by atoms with Gasteiger partial charge in [0.2, 0.25) is 5.75 Å². The van der Waals surface area contributed by atoms with Crippen molar-refractivity contribution in [3.63, 3.8) is 0 Å². The van der Waals surface area contributed by atoms with Crippen molar-refractivity contribution in [2.75, 3.05) is 46.6 Å². The van der Waals surface area contributed by atoms with E-state index in [1.54, 1.807) is 12.1 Å². The average molecular weight is 798 g/mol. The fourth-order valence-electron chi connectivity index (χ4n) is 7.95. The lowest BCUT2D eigenvalue weighted by atomic mass is 9.75. The molecule has 1 saturated carbocycles. The Kier molecular flexibility index (Phi) is 18.6. The van der Waals surface area contributed by atoms with E-state index in [1.165, 1.54) is 41.2 Å². The van der Waals surface area contributed by atoms with Gasteiger partial charge in [-0.15, -0.1) is 0 Å². The number of hydrogen-bond donors (Lipinski definition) is 8. The third kappa shape index (κ3) is 12.7. The van der Waals surface area contributed by atoms with E-state index in [0.29, 0.717) is 48.3 Å². The molecule has 54 heavy (non-hydrogen) atoms. The van der Waals surface area contributed by atoms with Crippen LogP contribution in [0, 0.1) is 23.7 Å². The molecule has 0 spiro atoms. The van der Waals surface area contributed by atoms with Gasteiger partial charge in [-0.25, -0.2) is 0 Å². The summed E-state index contributed by atoms with van der Waals surface area (Å²) in [5, 5.41) is 77.5. The molecule has 8 N–H and O–H groups in total. The molecule has 2 aliphatic rings. The first-order chi connectivity index (χ1) is 26.0. The Morgan fingerprint density at radius 3 is 2.33 bits per heavy atom. The predicted octanol–water partition coefficient (Wildman–Crippen LogP) is 5.31. The number of ether oxygens (including phenoxy) is 4. The maximum absolute atomic E-state index is 11.7. The Balaban J connectivity index is 1.61. The lowest BCUT2D eigenvalue weighted by Gasteiger charge is -2.37. The van der Waals surface area contributed by atoms with Gasteiger partial charge in [0.15, 0.2) is 29.8 Å². The molecule has 14 heteroatoms. The van der Waals surface area contributed by atoms with Crippen LogP contribution in [0.2, 0.25) is 0 Å². The molecule has 2 aromatic rings. The number of phenolic OH excluding ortho intramolecular Hbond substituents is 2. The molecule has 12 nitrogen and oxygen atoms in total. The first-order valence-electron chi connectivity index (χ1n) is 19.3. The van der Waals surface area contributed by atoms with Crippen LogP contribution in [-0.4, -0.2) is 107 Å². The Morgan fingerprint density at radius 1 is 0.870 bits per heavy atom. The molecule has 0 aromatic heterocycles. The number of fused-ring (bicyclic) bond motifs is 1. The molecular formula is C40H63NO11S2. The zero-order valence-corrected chi connectivity index (χ0v) is 33.8. The number of nitrogens with one attached hydrogen (secondary N) is 1. The predicted molar refractivity (Wildman–Crippen MR) is 212 cm³/mol. The summed E-state index contributed by atoms with van der Waals surface area (Å²) in [6.45, 7) is 4.21. The van der Waals surface area contributed by atoms with E-state index in [9.17, 15) is 35.7 Å². The van der Waals surface area contributed by atoms with Crippen LogP contribution in [0.15, 0.2) is 24.3 Å². The highest BCUT2D eigenvalue weighted by molar-refractivity contribution is 8.76. The minimum absolute atomic E-state index is 0.00974. The van der Waals surface area contributed by atoms with Crippen LogP contribution < -0.4 is 19.5 Å². The van der Waals surface area contributed by atoms with Crippen molar-refractivity contribution in [1.82, 2.24) is 5.32 Å². The fourth-order valence-corrected chi connectivity index (χ4v) is 10.9. The van der Waals surface area contributed by atoms with E-state index in [1.807, 2.05) is 13.1 Å². The van der Waals surface area contributed by atoms with Crippen LogP contribution in [0.4, 0.5) is 0 Å². The van der Waals surface area contributed by atoms with Crippen LogP contribution in [0.25, 0.3) is 0 Å². The third-order valence-electron chi connectivity index (χ3n) is 10.9. The second-order valence-corrected chi connectivity index (χ2v) is 17.7. The van der Waals surface area contributed by atoms with Gasteiger partial charge >= 0.3 is 0 Å². The zero-order chi connectivity index (χ0) is 39.2. The summed E-state index contributed by atoms with van der Waals surface area (Å²) in [7, 11) is 6.33. The molecule has 1 heterocycles. The minimum Gasteiger partial charge on any atom is -0.504 e. The van der Waals surface area contributed by atoms with Gasteiger partial charge < -0.3 is 60.0 Å². The van der Waals surface area contributed by atoms with E-state index in [4.69, 9.17) is 18.9 Å². The largest absolute Gasteiger partial charge is 0.504 e. The Bertz CT molecular complexity index is 1420. The molecule has 0 saturated heterocycles. The molecule has 1 aliphatic heterocycles. The summed E-state index contributed by atoms with van der Waals surface area (Å²) in [5.41, 5.74) is 2.40. The van der Waals surface area contributed by atoms with Crippen molar-refractivity contribution >= 4 is 21.6 Å². The molecule has 1 aliphatic carbocycles. The number of benzene rings is 2. The van der Waals surface area contributed by atoms with Crippen molar-refractivity contribution < 1.29 is 54.7 Å². The molecule has 8 atom stereocenters. The minimum atomic E-state index is -1.04. The van der Waals surface area contributed by atoms with Crippen LogP contribution in [0.3, 0.4) is 0 Å². The lowest BCUT2D eigenvalue weighted by Crippen LogP contribution is -2.38. The first-order valence-corrected chi connectivity index (χ1v) is 21.7. The molecule has 0 bridgehead atoms. The highest BCUT2D eigenvalue weighted by Crippen LogP contribution is 2.47. The fraction of sp³-hybridized carbons (Fsp3) is 0.700. The van der Waals surface area contributed by atoms with Gasteiger partial charge in [-0.3, -0.25) is 0 Å². The SMILES string of the molecule is CNCC1CCC(Oc2cc3c(cc2O)C(CCO)SSCC(O)C(Cc2cc(OC)c(O)c(OCO)c2)C(O)CC(OCO)CC3)CC1CCC(C)C. The van der Waals surface area contributed by atoms with Crippen LogP contribution in [0.5, 0.6) is 28.7 Å². The second kappa shape index (κ2) is 22.6. The van der Waals surface area contributed by atoms with Gasteiger partial charge in [0, 0.05) is 23.5 Å². The average Bonchev–Trinajstić information content (AvgIpc) is 3.14. The van der Waals surface area contributed by atoms with Crippen molar-refractivity contribution in [2.45, 2.75) is 108 Å². The molecule has 0 radical (unpaired) electrons. The van der Waals surface area contributed by atoms with Gasteiger partial charge in [0.05, 0.1) is 31.5 Å². The monoisotopic (exact) mass is 797 g/mol. The van der Waals surface area contributed by atoms with Crippen molar-refractivity contribution in [3.05, 3.63) is 41.0 Å². The third-order valence-corrected chi connectivity index (χ3v) is 13.7. The molecule has 8 unspecified atom stereocenters. The van der Waals surface area contributed by atoms with E-state index in [2.05, 4.69) is 19.2 Å². The highest BCUT2D eigenvalue weighted by Gasteiger charge is 2.34. The summed E-state index contributed by atoms with van der Waals surface area (Å²) in [6, 6.07) is 6.81. The second-order valence-electron chi connectivity index (χ2n) is 15.1. The van der Waals surface area contributed by atoms with Crippen LogP contribution in [0.1, 0.15) is 87.2 Å². The summed E-state index contributed by atoms with van der Waals surface area (Å²) in [6.07, 6.45) is 4.21. The molecular weight excluding hydrogens is 735 g/mol. The number of methoxy groups -OCH3 is 1. The summed E-state index contributed by atoms with van der Waals surface area (Å²) >= 11 is 0. The topological polar surface area (TPSA) is 191 Å². The Morgan fingerprint density at radius 2 is 1.65 bits per heavy atom. The van der Waals surface area contributed by atoms with Crippen molar-refractivity contribution in [1.29, 1.82) is 0 Å². The van der Waals surface area contributed by atoms with E-state index in [0.717, 1.165) is 43.4 Å². The molecule has 306 valence electrons.